The Morgan fingerprint density at radius 2 is 1.78 bits per heavy atom. The highest BCUT2D eigenvalue weighted by atomic mass is 32.2. The number of aliphatic imine (C=N–C) groups is 1. The van der Waals surface area contributed by atoms with Crippen LogP contribution in [-0.4, -0.2) is 27.3 Å². The predicted molar refractivity (Wildman–Crippen MR) is 93.2 cm³/mol. The monoisotopic (exact) mass is 329 g/mol. The van der Waals surface area contributed by atoms with Gasteiger partial charge in [0, 0.05) is 18.7 Å². The zero-order chi connectivity index (χ0) is 16.1. The van der Waals surface area contributed by atoms with Crippen LogP contribution in [0.25, 0.3) is 0 Å². The minimum absolute atomic E-state index is 0.0535. The summed E-state index contributed by atoms with van der Waals surface area (Å²) in [5.41, 5.74) is 2.09. The highest BCUT2D eigenvalue weighted by molar-refractivity contribution is 7.91. The second-order valence-corrected chi connectivity index (χ2v) is 7.13. The van der Waals surface area contributed by atoms with E-state index < -0.39 is 10.0 Å². The van der Waals surface area contributed by atoms with Crippen molar-refractivity contribution < 1.29 is 8.42 Å². The molecule has 0 aliphatic carbocycles. The Hall–Kier alpha value is -2.34. The first-order valence-electron chi connectivity index (χ1n) is 7.56. The molecule has 23 heavy (non-hydrogen) atoms. The molecule has 0 atom stereocenters. The molecule has 0 radical (unpaired) electrons. The summed E-state index contributed by atoms with van der Waals surface area (Å²) in [6.07, 6.45) is 0.991. The maximum Gasteiger partial charge on any atom is 0.236 e. The third-order valence-electron chi connectivity index (χ3n) is 3.54. The number of rotatable bonds is 5. The van der Waals surface area contributed by atoms with E-state index in [1.165, 1.54) is 0 Å². The average molecular weight is 329 g/mol. The first-order valence-corrected chi connectivity index (χ1v) is 9.21. The van der Waals surface area contributed by atoms with Gasteiger partial charge in [0.15, 0.2) is 0 Å². The number of anilines is 1. The molecule has 1 aliphatic rings. The lowest BCUT2D eigenvalue weighted by Crippen LogP contribution is -2.31. The number of hydrogen-bond acceptors (Lipinski definition) is 4. The summed E-state index contributed by atoms with van der Waals surface area (Å²) in [5.74, 6) is 0.691. The summed E-state index contributed by atoms with van der Waals surface area (Å²) in [4.78, 5) is 4.45. The van der Waals surface area contributed by atoms with E-state index in [0.717, 1.165) is 36.5 Å². The van der Waals surface area contributed by atoms with E-state index in [4.69, 9.17) is 0 Å². The summed E-state index contributed by atoms with van der Waals surface area (Å²) in [6.45, 7) is 1.61. The molecule has 2 aromatic rings. The first kappa shape index (κ1) is 15.6. The van der Waals surface area contributed by atoms with E-state index in [0.29, 0.717) is 5.69 Å². The van der Waals surface area contributed by atoms with Crippen LogP contribution in [0.4, 0.5) is 5.69 Å². The summed E-state index contributed by atoms with van der Waals surface area (Å²) < 4.78 is 27.5. The molecule has 0 saturated carbocycles. The molecule has 0 bridgehead atoms. The van der Waals surface area contributed by atoms with Crippen LogP contribution in [0.1, 0.15) is 17.5 Å². The minimum Gasteiger partial charge on any atom is -0.370 e. The quantitative estimate of drug-likeness (QED) is 0.885. The van der Waals surface area contributed by atoms with Crippen LogP contribution < -0.4 is 10.0 Å². The van der Waals surface area contributed by atoms with Gasteiger partial charge >= 0.3 is 0 Å². The standard InChI is InChI=1S/C17H19N3O2S/c21-23(22,13-14-7-2-1-3-8-14)20-16-10-5-4-9-15(16)17-18-11-6-12-19-17/h1-5,7-10,20H,6,11-13H2,(H,18,19). The molecule has 1 aliphatic heterocycles. The van der Waals surface area contributed by atoms with E-state index in [1.54, 1.807) is 18.2 Å². The van der Waals surface area contributed by atoms with Crippen LogP contribution >= 0.6 is 0 Å². The largest absolute Gasteiger partial charge is 0.370 e. The average Bonchev–Trinajstić information content (AvgIpc) is 2.56. The molecule has 0 saturated heterocycles. The molecule has 3 rings (SSSR count). The van der Waals surface area contributed by atoms with E-state index >= 15 is 0 Å². The molecular formula is C17H19N3O2S. The van der Waals surface area contributed by atoms with Crippen molar-refractivity contribution in [1.29, 1.82) is 0 Å². The second-order valence-electron chi connectivity index (χ2n) is 5.40. The molecule has 120 valence electrons. The van der Waals surface area contributed by atoms with Gasteiger partial charge in [-0.2, -0.15) is 0 Å². The third-order valence-corrected chi connectivity index (χ3v) is 4.79. The number of nitrogens with zero attached hydrogens (tertiary/aromatic N) is 1. The lowest BCUT2D eigenvalue weighted by molar-refractivity contribution is 0.600. The SMILES string of the molecule is O=S(=O)(Cc1ccccc1)Nc1ccccc1C1=NCCCN1. The summed E-state index contributed by atoms with van der Waals surface area (Å²) >= 11 is 0. The Kier molecular flexibility index (Phi) is 4.62. The topological polar surface area (TPSA) is 70.6 Å². The first-order chi connectivity index (χ1) is 11.1. The van der Waals surface area contributed by atoms with Crippen molar-refractivity contribution in [2.24, 2.45) is 4.99 Å². The van der Waals surface area contributed by atoms with E-state index in [9.17, 15) is 8.42 Å². The number of hydrogen-bond donors (Lipinski definition) is 2. The van der Waals surface area contributed by atoms with Crippen LogP contribution in [0.15, 0.2) is 59.6 Å². The maximum atomic E-state index is 12.4. The molecule has 5 nitrogen and oxygen atoms in total. The van der Waals surface area contributed by atoms with Gasteiger partial charge in [-0.25, -0.2) is 8.42 Å². The predicted octanol–water partition coefficient (Wildman–Crippen LogP) is 2.37. The number of benzene rings is 2. The molecule has 0 fully saturated rings. The van der Waals surface area contributed by atoms with Crippen molar-refractivity contribution >= 4 is 21.5 Å². The van der Waals surface area contributed by atoms with Crippen LogP contribution in [0.3, 0.4) is 0 Å². The third kappa shape index (κ3) is 4.10. The Morgan fingerprint density at radius 3 is 2.52 bits per heavy atom. The van der Waals surface area contributed by atoms with Gasteiger partial charge in [0.2, 0.25) is 10.0 Å². The summed E-state index contributed by atoms with van der Waals surface area (Å²) in [6, 6.07) is 16.5. The smallest absolute Gasteiger partial charge is 0.236 e. The van der Waals surface area contributed by atoms with Crippen LogP contribution in [0.5, 0.6) is 0 Å². The fraction of sp³-hybridized carbons (Fsp3) is 0.235. The summed E-state index contributed by atoms with van der Waals surface area (Å²) in [5, 5.41) is 3.23. The fourth-order valence-electron chi connectivity index (χ4n) is 2.49. The van der Waals surface area contributed by atoms with Crippen LogP contribution in [-0.2, 0) is 15.8 Å². The van der Waals surface area contributed by atoms with Gasteiger partial charge < -0.3 is 5.32 Å². The molecule has 0 spiro atoms. The van der Waals surface area contributed by atoms with Crippen molar-refractivity contribution in [3.8, 4) is 0 Å². The Balaban J connectivity index is 1.84. The lowest BCUT2D eigenvalue weighted by atomic mass is 10.1. The Bertz CT molecular complexity index is 802. The van der Waals surface area contributed by atoms with Crippen LogP contribution in [0.2, 0.25) is 0 Å². The van der Waals surface area contributed by atoms with Crippen LogP contribution in [0, 0.1) is 0 Å². The van der Waals surface area contributed by atoms with Crippen molar-refractivity contribution in [3.63, 3.8) is 0 Å². The van der Waals surface area contributed by atoms with Gasteiger partial charge in [-0.3, -0.25) is 9.71 Å². The number of sulfonamides is 1. The molecule has 0 unspecified atom stereocenters. The van der Waals surface area contributed by atoms with E-state index in [-0.39, 0.29) is 5.75 Å². The molecule has 6 heteroatoms. The second kappa shape index (κ2) is 6.83. The normalized spacial score (nSPS) is 14.7. The molecule has 2 aromatic carbocycles. The molecule has 1 heterocycles. The molecule has 0 amide bonds. The number of amidine groups is 1. The zero-order valence-electron chi connectivity index (χ0n) is 12.7. The summed E-state index contributed by atoms with van der Waals surface area (Å²) in [7, 11) is -3.48. The van der Waals surface area contributed by atoms with Gasteiger partial charge in [-0.05, 0) is 24.1 Å². The van der Waals surface area contributed by atoms with Crippen molar-refractivity contribution in [2.45, 2.75) is 12.2 Å². The minimum atomic E-state index is -3.48. The highest BCUT2D eigenvalue weighted by Gasteiger charge is 2.17. The molecular weight excluding hydrogens is 310 g/mol. The number of nitrogens with one attached hydrogen (secondary N) is 2. The van der Waals surface area contributed by atoms with Crippen molar-refractivity contribution in [2.75, 3.05) is 17.8 Å². The van der Waals surface area contributed by atoms with Gasteiger partial charge in [0.05, 0.1) is 11.4 Å². The van der Waals surface area contributed by atoms with Crippen molar-refractivity contribution in [1.82, 2.24) is 5.32 Å². The van der Waals surface area contributed by atoms with E-state index in [2.05, 4.69) is 15.0 Å². The molecule has 2 N–H and O–H groups in total. The zero-order valence-corrected chi connectivity index (χ0v) is 13.5. The Morgan fingerprint density at radius 1 is 1.04 bits per heavy atom. The highest BCUT2D eigenvalue weighted by Crippen LogP contribution is 2.19. The number of para-hydroxylation sites is 1. The van der Waals surface area contributed by atoms with Gasteiger partial charge in [0.1, 0.15) is 5.84 Å². The molecule has 0 aromatic heterocycles. The fourth-order valence-corrected chi connectivity index (χ4v) is 3.71. The lowest BCUT2D eigenvalue weighted by Gasteiger charge is -2.18. The van der Waals surface area contributed by atoms with Crippen molar-refractivity contribution in [3.05, 3.63) is 65.7 Å². The van der Waals surface area contributed by atoms with Gasteiger partial charge in [-0.1, -0.05) is 42.5 Å². The van der Waals surface area contributed by atoms with Gasteiger partial charge in [-0.15, -0.1) is 0 Å². The van der Waals surface area contributed by atoms with Gasteiger partial charge in [0.25, 0.3) is 0 Å². The Labute approximate surface area is 136 Å². The van der Waals surface area contributed by atoms with E-state index in [1.807, 2.05) is 36.4 Å². The maximum absolute atomic E-state index is 12.4.